The van der Waals surface area contributed by atoms with E-state index in [0.29, 0.717) is 49.0 Å². The van der Waals surface area contributed by atoms with Gasteiger partial charge in [-0.1, -0.05) is 6.07 Å². The molecule has 10 nitrogen and oxygen atoms in total. The lowest BCUT2D eigenvalue weighted by atomic mass is 10.2. The van der Waals surface area contributed by atoms with Crippen LogP contribution in [0.15, 0.2) is 58.4 Å². The Morgan fingerprint density at radius 3 is 2.67 bits per heavy atom. The summed E-state index contributed by atoms with van der Waals surface area (Å²) in [6.07, 6.45) is 2.18. The van der Waals surface area contributed by atoms with Gasteiger partial charge < -0.3 is 18.8 Å². The Morgan fingerprint density at radius 1 is 1.14 bits per heavy atom. The normalized spacial score (nSPS) is 11.6. The second-order valence-corrected chi connectivity index (χ2v) is 7.77. The largest absolute Gasteiger partial charge is 0.493 e. The van der Waals surface area contributed by atoms with E-state index < -0.39 is 5.91 Å². The summed E-state index contributed by atoms with van der Waals surface area (Å²) in [6, 6.07) is 13.4. The van der Waals surface area contributed by atoms with Gasteiger partial charge >= 0.3 is 0 Å². The number of fused-ring (bicyclic) bond motifs is 2. The van der Waals surface area contributed by atoms with Crippen molar-refractivity contribution < 1.29 is 19.0 Å². The first-order valence-corrected chi connectivity index (χ1v) is 11.4. The summed E-state index contributed by atoms with van der Waals surface area (Å²) in [5.74, 6) is 0.270. The van der Waals surface area contributed by atoms with E-state index >= 15 is 0 Å². The van der Waals surface area contributed by atoms with Crippen LogP contribution in [0.1, 0.15) is 29.3 Å². The van der Waals surface area contributed by atoms with Crippen LogP contribution in [0.25, 0.3) is 16.7 Å². The maximum absolute atomic E-state index is 13.2. The molecule has 0 aliphatic heterocycles. The van der Waals surface area contributed by atoms with E-state index in [-0.39, 0.29) is 27.6 Å². The van der Waals surface area contributed by atoms with Crippen molar-refractivity contribution in [3.63, 3.8) is 0 Å². The average molecular weight is 488 g/mol. The molecule has 0 radical (unpaired) electrons. The number of amides is 1. The molecule has 1 aromatic carbocycles. The summed E-state index contributed by atoms with van der Waals surface area (Å²) < 4.78 is 19.1. The van der Waals surface area contributed by atoms with Crippen LogP contribution in [0, 0.1) is 11.3 Å². The number of carbonyl (C=O) groups excluding carboxylic acids is 1. The Kier molecular flexibility index (Phi) is 7.42. The predicted octanol–water partition coefficient (Wildman–Crippen LogP) is 2.71. The third kappa shape index (κ3) is 4.69. The van der Waals surface area contributed by atoms with Crippen molar-refractivity contribution in [1.29, 1.82) is 5.26 Å². The third-order valence-electron chi connectivity index (χ3n) is 5.62. The molecule has 0 fully saturated rings. The highest BCUT2D eigenvalue weighted by Crippen LogP contribution is 2.27. The molecule has 1 amide bonds. The summed E-state index contributed by atoms with van der Waals surface area (Å²) in [7, 11) is 2.98. The number of nitriles is 1. The number of rotatable bonds is 8. The lowest BCUT2D eigenvalue weighted by Gasteiger charge is -2.13. The molecule has 0 spiro atoms. The van der Waals surface area contributed by atoms with E-state index in [4.69, 9.17) is 14.2 Å². The molecule has 0 saturated heterocycles. The van der Waals surface area contributed by atoms with Gasteiger partial charge in [-0.2, -0.15) is 10.3 Å². The summed E-state index contributed by atoms with van der Waals surface area (Å²) in [5.41, 5.74) is 0.916. The fourth-order valence-corrected chi connectivity index (χ4v) is 3.89. The summed E-state index contributed by atoms with van der Waals surface area (Å²) in [4.78, 5) is 35.4. The fourth-order valence-electron chi connectivity index (χ4n) is 3.89. The Balaban J connectivity index is 1.97. The molecular weight excluding hydrogens is 462 g/mol. The minimum Gasteiger partial charge on any atom is -0.493 e. The number of carbonyl (C=O) groups is 1. The third-order valence-corrected chi connectivity index (χ3v) is 5.62. The van der Waals surface area contributed by atoms with Crippen molar-refractivity contribution in [3.8, 4) is 17.6 Å². The van der Waals surface area contributed by atoms with E-state index in [1.165, 1.54) is 30.8 Å². The van der Waals surface area contributed by atoms with E-state index in [0.717, 1.165) is 0 Å². The van der Waals surface area contributed by atoms with Gasteiger partial charge in [0.05, 0.1) is 25.2 Å². The van der Waals surface area contributed by atoms with Crippen molar-refractivity contribution in [2.45, 2.75) is 19.9 Å². The van der Waals surface area contributed by atoms with Gasteiger partial charge in [0.15, 0.2) is 17.0 Å². The second-order valence-electron chi connectivity index (χ2n) is 7.77. The Bertz CT molecular complexity index is 1610. The molecule has 0 aliphatic rings. The monoisotopic (exact) mass is 487 g/mol. The van der Waals surface area contributed by atoms with Crippen LogP contribution in [0.5, 0.6) is 11.5 Å². The molecule has 0 aliphatic carbocycles. The van der Waals surface area contributed by atoms with Gasteiger partial charge in [0.25, 0.3) is 11.5 Å². The molecule has 0 saturated carbocycles. The van der Waals surface area contributed by atoms with E-state index in [1.54, 1.807) is 41.1 Å². The number of nitrogens with zero attached hydrogens (tertiary/aromatic N) is 5. The maximum atomic E-state index is 13.2. The molecule has 10 heteroatoms. The summed E-state index contributed by atoms with van der Waals surface area (Å²) in [5, 5.41) is 10.2. The number of methoxy groups -OCH3 is 2. The first-order valence-electron chi connectivity index (χ1n) is 11.4. The number of pyridine rings is 2. The van der Waals surface area contributed by atoms with Crippen molar-refractivity contribution >= 4 is 22.6 Å². The molecular formula is C26H25N5O5. The molecule has 4 aromatic rings. The lowest BCUT2D eigenvalue weighted by molar-refractivity contribution is 0.0996. The van der Waals surface area contributed by atoms with E-state index in [2.05, 4.69) is 16.0 Å². The first-order chi connectivity index (χ1) is 17.5. The lowest BCUT2D eigenvalue weighted by Crippen LogP contribution is -2.30. The van der Waals surface area contributed by atoms with Gasteiger partial charge in [0.1, 0.15) is 17.4 Å². The maximum Gasteiger partial charge on any atom is 0.279 e. The topological polar surface area (TPSA) is 120 Å². The number of aromatic nitrogens is 3. The van der Waals surface area contributed by atoms with Crippen LogP contribution in [0.2, 0.25) is 0 Å². The SMILES string of the molecule is CCOCCCn1c(=NC(=O)c2ccc(OC)c(OC)c2)c(C#N)cc2c(=O)n3ccccc3nc21. The van der Waals surface area contributed by atoms with Crippen LogP contribution >= 0.6 is 0 Å². The number of hydrogen-bond acceptors (Lipinski definition) is 7. The van der Waals surface area contributed by atoms with Crippen LogP contribution in [0.3, 0.4) is 0 Å². The quantitative estimate of drug-likeness (QED) is 0.277. The highest BCUT2D eigenvalue weighted by atomic mass is 16.5. The molecule has 3 aromatic heterocycles. The van der Waals surface area contributed by atoms with E-state index in [1.807, 2.05) is 6.92 Å². The minimum absolute atomic E-state index is 0.0857. The van der Waals surface area contributed by atoms with Crippen molar-refractivity contribution in [1.82, 2.24) is 14.0 Å². The van der Waals surface area contributed by atoms with Crippen molar-refractivity contribution in [3.05, 3.63) is 75.6 Å². The van der Waals surface area contributed by atoms with Gasteiger partial charge in [-0.15, -0.1) is 0 Å². The highest BCUT2D eigenvalue weighted by molar-refractivity contribution is 5.95. The van der Waals surface area contributed by atoms with Crippen molar-refractivity contribution in [2.24, 2.45) is 4.99 Å². The highest BCUT2D eigenvalue weighted by Gasteiger charge is 2.16. The molecule has 0 atom stereocenters. The Labute approximate surface area is 206 Å². The van der Waals surface area contributed by atoms with Gasteiger partial charge in [-0.05, 0) is 49.7 Å². The zero-order valence-electron chi connectivity index (χ0n) is 20.2. The van der Waals surface area contributed by atoms with Gasteiger partial charge in [-0.25, -0.2) is 4.98 Å². The zero-order chi connectivity index (χ0) is 25.7. The standard InChI is InChI=1S/C26H25N5O5/c1-4-36-13-7-12-31-23(29-25(32)17-9-10-20(34-2)21(15-17)35-3)18(16-27)14-19-24(31)28-22-8-5-6-11-30(22)26(19)33/h5-6,8-11,14-15H,4,7,12-13H2,1-3H3. The molecule has 184 valence electrons. The molecule has 0 bridgehead atoms. The number of aryl methyl sites for hydroxylation is 1. The molecule has 36 heavy (non-hydrogen) atoms. The average Bonchev–Trinajstić information content (AvgIpc) is 2.91. The fraction of sp³-hybridized carbons (Fsp3) is 0.269. The molecule has 0 unspecified atom stereocenters. The Hall–Kier alpha value is -4.49. The summed E-state index contributed by atoms with van der Waals surface area (Å²) in [6.45, 7) is 3.25. The van der Waals surface area contributed by atoms with Crippen LogP contribution in [-0.4, -0.2) is 47.3 Å². The zero-order valence-corrected chi connectivity index (χ0v) is 20.2. The second kappa shape index (κ2) is 10.8. The van der Waals surface area contributed by atoms with E-state index in [9.17, 15) is 14.9 Å². The Morgan fingerprint density at radius 2 is 1.94 bits per heavy atom. The summed E-state index contributed by atoms with van der Waals surface area (Å²) >= 11 is 0. The molecule has 3 heterocycles. The predicted molar refractivity (Wildman–Crippen MR) is 132 cm³/mol. The molecule has 0 N–H and O–H groups in total. The van der Waals surface area contributed by atoms with Gasteiger partial charge in [0.2, 0.25) is 0 Å². The van der Waals surface area contributed by atoms with Crippen LogP contribution in [-0.2, 0) is 11.3 Å². The van der Waals surface area contributed by atoms with Crippen LogP contribution in [0.4, 0.5) is 0 Å². The number of benzene rings is 1. The van der Waals surface area contributed by atoms with Gasteiger partial charge in [-0.3, -0.25) is 14.0 Å². The van der Waals surface area contributed by atoms with Crippen molar-refractivity contribution in [2.75, 3.05) is 27.4 Å². The molecule has 4 rings (SSSR count). The number of hydrogen-bond donors (Lipinski definition) is 0. The van der Waals surface area contributed by atoms with Crippen LogP contribution < -0.4 is 20.5 Å². The smallest absolute Gasteiger partial charge is 0.279 e. The minimum atomic E-state index is -0.581. The van der Waals surface area contributed by atoms with Gasteiger partial charge in [0, 0.05) is 31.5 Å². The first kappa shape index (κ1) is 24.6. The number of ether oxygens (including phenoxy) is 3.